The monoisotopic (exact) mass is 446 g/mol. The van der Waals surface area contributed by atoms with Gasteiger partial charge in [0.25, 0.3) is 5.91 Å². The lowest BCUT2D eigenvalue weighted by molar-refractivity contribution is -0.146. The quantitative estimate of drug-likeness (QED) is 0.395. The van der Waals surface area contributed by atoms with Crippen molar-refractivity contribution in [3.8, 4) is 0 Å². The molecule has 5 N–H and O–H groups in total. The largest absolute Gasteiger partial charge is 0.467 e. The summed E-state index contributed by atoms with van der Waals surface area (Å²) in [5.41, 5.74) is 5.00. The van der Waals surface area contributed by atoms with Crippen molar-refractivity contribution in [1.29, 1.82) is 0 Å². The molecule has 0 spiro atoms. The van der Waals surface area contributed by atoms with Gasteiger partial charge in [0, 0.05) is 26.2 Å². The number of carbonyl (C=O) groups excluding carboxylic acids is 4. The third kappa shape index (κ3) is 10.9. The molecule has 1 aliphatic heterocycles. The highest BCUT2D eigenvalue weighted by molar-refractivity contribution is 5.92. The Morgan fingerprint density at radius 2 is 1.71 bits per heavy atom. The third-order valence-corrected chi connectivity index (χ3v) is 4.05. The summed E-state index contributed by atoms with van der Waals surface area (Å²) in [5.74, 6) is -2.19. The van der Waals surface area contributed by atoms with Crippen molar-refractivity contribution in [3.63, 3.8) is 0 Å². The van der Waals surface area contributed by atoms with Crippen molar-refractivity contribution in [2.75, 3.05) is 33.5 Å². The maximum Gasteiger partial charge on any atom is 0.408 e. The molecule has 1 rings (SSSR count). The highest BCUT2D eigenvalue weighted by atomic mass is 16.6. The maximum atomic E-state index is 12.6. The Hall–Kier alpha value is -2.44. The molecule has 1 aliphatic rings. The number of alkyl carbamates (subject to hydrolysis) is 1. The SMILES string of the molecule is COC(=O)[C@@H]1CCOCCCCOC[C@H](NC(=O)OC(C)(C)C)C(=O)N[C@@H](N)C(=O)N1. The van der Waals surface area contributed by atoms with Crippen LogP contribution in [0.4, 0.5) is 4.79 Å². The van der Waals surface area contributed by atoms with Gasteiger partial charge < -0.3 is 40.6 Å². The number of esters is 1. The van der Waals surface area contributed by atoms with Crippen molar-refractivity contribution in [2.24, 2.45) is 5.73 Å². The second-order valence-corrected chi connectivity index (χ2v) is 7.95. The third-order valence-electron chi connectivity index (χ3n) is 4.05. The number of nitrogens with one attached hydrogen (secondary N) is 3. The van der Waals surface area contributed by atoms with E-state index in [1.54, 1.807) is 20.8 Å². The van der Waals surface area contributed by atoms with E-state index in [0.717, 1.165) is 0 Å². The minimum atomic E-state index is -1.48. The van der Waals surface area contributed by atoms with Crippen LogP contribution in [0.5, 0.6) is 0 Å². The first-order valence-corrected chi connectivity index (χ1v) is 10.1. The van der Waals surface area contributed by atoms with Gasteiger partial charge in [0.2, 0.25) is 5.91 Å². The van der Waals surface area contributed by atoms with E-state index >= 15 is 0 Å². The van der Waals surface area contributed by atoms with Gasteiger partial charge in [-0.25, -0.2) is 9.59 Å². The summed E-state index contributed by atoms with van der Waals surface area (Å²) >= 11 is 0. The van der Waals surface area contributed by atoms with Crippen LogP contribution in [0.3, 0.4) is 0 Å². The molecule has 12 heteroatoms. The Labute approximate surface area is 181 Å². The summed E-state index contributed by atoms with van der Waals surface area (Å²) in [5, 5.41) is 7.15. The van der Waals surface area contributed by atoms with Gasteiger partial charge in [0.15, 0.2) is 6.17 Å². The van der Waals surface area contributed by atoms with Crippen LogP contribution in [-0.2, 0) is 33.3 Å². The highest BCUT2D eigenvalue weighted by Crippen LogP contribution is 2.07. The first-order chi connectivity index (χ1) is 14.5. The molecule has 0 aromatic carbocycles. The Morgan fingerprint density at radius 3 is 2.32 bits per heavy atom. The van der Waals surface area contributed by atoms with Gasteiger partial charge >= 0.3 is 12.1 Å². The van der Waals surface area contributed by atoms with E-state index in [2.05, 4.69) is 20.7 Å². The van der Waals surface area contributed by atoms with Gasteiger partial charge in [0.05, 0.1) is 13.7 Å². The zero-order chi connectivity index (χ0) is 23.4. The lowest BCUT2D eigenvalue weighted by atomic mass is 10.2. The molecule has 0 radical (unpaired) electrons. The molecule has 0 aromatic rings. The smallest absolute Gasteiger partial charge is 0.408 e. The normalized spacial score (nSPS) is 25.0. The molecule has 12 nitrogen and oxygen atoms in total. The zero-order valence-corrected chi connectivity index (χ0v) is 18.5. The number of nitrogens with two attached hydrogens (primary N) is 1. The molecule has 0 saturated carbocycles. The summed E-state index contributed by atoms with van der Waals surface area (Å²) in [6.45, 7) is 5.90. The molecule has 1 heterocycles. The van der Waals surface area contributed by atoms with Crippen LogP contribution in [0, 0.1) is 0 Å². The molecule has 3 amide bonds. The standard InChI is InChI=1S/C19H34N4O8/c1-19(2,3)31-18(27)22-13-11-30-9-6-5-8-29-10-7-12(17(26)28-4)21-16(25)14(20)23-15(13)24/h12-14H,5-11,20H2,1-4H3,(H,21,25)(H,22,27)(H,23,24)/t12-,13-,14+/m0/s1. The molecule has 3 atom stereocenters. The topological polar surface area (TPSA) is 167 Å². The molecule has 31 heavy (non-hydrogen) atoms. The van der Waals surface area contributed by atoms with Gasteiger partial charge in [-0.15, -0.1) is 0 Å². The fourth-order valence-electron chi connectivity index (χ4n) is 2.52. The van der Waals surface area contributed by atoms with Gasteiger partial charge in [-0.05, 0) is 33.6 Å². The molecule has 0 bridgehead atoms. The second-order valence-electron chi connectivity index (χ2n) is 7.95. The van der Waals surface area contributed by atoms with Crippen molar-refractivity contribution < 1.29 is 38.1 Å². The van der Waals surface area contributed by atoms with Crippen LogP contribution >= 0.6 is 0 Å². The number of rotatable bonds is 2. The number of methoxy groups -OCH3 is 1. The molecule has 0 aromatic heterocycles. The van der Waals surface area contributed by atoms with E-state index in [9.17, 15) is 19.2 Å². The van der Waals surface area contributed by atoms with Gasteiger partial charge in [0.1, 0.15) is 17.7 Å². The lowest BCUT2D eigenvalue weighted by Crippen LogP contribution is -2.60. The van der Waals surface area contributed by atoms with Crippen LogP contribution in [0.2, 0.25) is 0 Å². The average Bonchev–Trinajstić information content (AvgIpc) is 2.67. The molecule has 0 unspecified atom stereocenters. The number of amides is 3. The Morgan fingerprint density at radius 1 is 1.06 bits per heavy atom. The summed E-state index contributed by atoms with van der Waals surface area (Å²) in [6.07, 6.45) is -0.758. The zero-order valence-electron chi connectivity index (χ0n) is 18.5. The van der Waals surface area contributed by atoms with E-state index in [4.69, 9.17) is 19.9 Å². The summed E-state index contributed by atoms with van der Waals surface area (Å²) in [4.78, 5) is 49.0. The highest BCUT2D eigenvalue weighted by Gasteiger charge is 2.29. The van der Waals surface area contributed by atoms with E-state index in [0.29, 0.717) is 26.1 Å². The Bertz CT molecular complexity index is 623. The Kier molecular flexibility index (Phi) is 11.2. The first kappa shape index (κ1) is 26.6. The predicted molar refractivity (Wildman–Crippen MR) is 109 cm³/mol. The van der Waals surface area contributed by atoms with Crippen LogP contribution in [0.25, 0.3) is 0 Å². The average molecular weight is 447 g/mol. The summed E-state index contributed by atoms with van der Waals surface area (Å²) < 4.78 is 20.8. The maximum absolute atomic E-state index is 12.6. The predicted octanol–water partition coefficient (Wildman–Crippen LogP) is -0.844. The van der Waals surface area contributed by atoms with E-state index < -0.39 is 47.7 Å². The minimum absolute atomic E-state index is 0.148. The fourth-order valence-corrected chi connectivity index (χ4v) is 2.52. The summed E-state index contributed by atoms with van der Waals surface area (Å²) in [6, 6.07) is -2.12. The van der Waals surface area contributed by atoms with Crippen molar-refractivity contribution in [1.82, 2.24) is 16.0 Å². The van der Waals surface area contributed by atoms with E-state index in [-0.39, 0.29) is 19.6 Å². The minimum Gasteiger partial charge on any atom is -0.467 e. The number of carbonyl (C=O) groups is 4. The van der Waals surface area contributed by atoms with Crippen molar-refractivity contribution >= 4 is 23.9 Å². The first-order valence-electron chi connectivity index (χ1n) is 10.1. The molecular formula is C19H34N4O8. The number of ether oxygens (including phenoxy) is 4. The lowest BCUT2D eigenvalue weighted by Gasteiger charge is -2.25. The number of hydrogen-bond donors (Lipinski definition) is 4. The van der Waals surface area contributed by atoms with E-state index in [1.807, 2.05) is 0 Å². The molecule has 1 fully saturated rings. The van der Waals surface area contributed by atoms with Gasteiger partial charge in [-0.1, -0.05) is 0 Å². The van der Waals surface area contributed by atoms with Crippen molar-refractivity contribution in [3.05, 3.63) is 0 Å². The molecule has 1 saturated heterocycles. The summed E-state index contributed by atoms with van der Waals surface area (Å²) in [7, 11) is 1.20. The van der Waals surface area contributed by atoms with Gasteiger partial charge in [-0.3, -0.25) is 9.59 Å². The van der Waals surface area contributed by atoms with Crippen LogP contribution in [0.1, 0.15) is 40.0 Å². The molecular weight excluding hydrogens is 412 g/mol. The van der Waals surface area contributed by atoms with Crippen LogP contribution in [-0.4, -0.2) is 81.3 Å². The fraction of sp³-hybridized carbons (Fsp3) is 0.789. The molecule has 0 aliphatic carbocycles. The Balaban J connectivity index is 2.87. The van der Waals surface area contributed by atoms with Crippen LogP contribution < -0.4 is 21.7 Å². The van der Waals surface area contributed by atoms with Crippen LogP contribution in [0.15, 0.2) is 0 Å². The number of hydrogen-bond acceptors (Lipinski definition) is 9. The molecule has 178 valence electrons. The van der Waals surface area contributed by atoms with Gasteiger partial charge in [-0.2, -0.15) is 0 Å². The van der Waals surface area contributed by atoms with E-state index in [1.165, 1.54) is 7.11 Å². The second kappa shape index (κ2) is 13.1. The van der Waals surface area contributed by atoms with Crippen molar-refractivity contribution in [2.45, 2.75) is 63.9 Å².